The molecule has 0 radical (unpaired) electrons. The number of carbonyl (C=O) groups excluding carboxylic acids is 2. The lowest BCUT2D eigenvalue weighted by molar-refractivity contribution is -0.122. The molecule has 1 unspecified atom stereocenters. The highest BCUT2D eigenvalue weighted by atomic mass is 16.6. The standard InChI is InChI=1S/C12H21NO3/c1-9(2)8-16-12(15)13-6-4-5-11(7-13)10(3)14/h9,11H,4-8H2,1-3H3. The molecule has 1 aliphatic rings. The van der Waals surface area contributed by atoms with Gasteiger partial charge < -0.3 is 9.64 Å². The maximum Gasteiger partial charge on any atom is 0.409 e. The van der Waals surface area contributed by atoms with E-state index in [2.05, 4.69) is 0 Å². The van der Waals surface area contributed by atoms with E-state index >= 15 is 0 Å². The average Bonchev–Trinajstić information content (AvgIpc) is 2.26. The number of likely N-dealkylation sites (tertiary alicyclic amines) is 1. The maximum atomic E-state index is 11.7. The van der Waals surface area contributed by atoms with Gasteiger partial charge in [0.2, 0.25) is 0 Å². The summed E-state index contributed by atoms with van der Waals surface area (Å²) in [5.74, 6) is 0.513. The van der Waals surface area contributed by atoms with Crippen molar-refractivity contribution in [1.82, 2.24) is 4.90 Å². The number of carbonyl (C=O) groups is 2. The van der Waals surface area contributed by atoms with Crippen LogP contribution in [0.4, 0.5) is 4.79 Å². The number of hydrogen-bond donors (Lipinski definition) is 0. The number of hydrogen-bond acceptors (Lipinski definition) is 3. The molecule has 1 saturated heterocycles. The maximum absolute atomic E-state index is 11.7. The highest BCUT2D eigenvalue weighted by Gasteiger charge is 2.27. The van der Waals surface area contributed by atoms with Crippen LogP contribution in [0.25, 0.3) is 0 Å². The van der Waals surface area contributed by atoms with E-state index < -0.39 is 0 Å². The molecule has 1 fully saturated rings. The van der Waals surface area contributed by atoms with Gasteiger partial charge in [-0.1, -0.05) is 13.8 Å². The molecular weight excluding hydrogens is 206 g/mol. The van der Waals surface area contributed by atoms with Crippen molar-refractivity contribution in [3.05, 3.63) is 0 Å². The van der Waals surface area contributed by atoms with E-state index in [1.807, 2.05) is 13.8 Å². The monoisotopic (exact) mass is 227 g/mol. The Balaban J connectivity index is 2.41. The number of rotatable bonds is 3. The summed E-state index contributed by atoms with van der Waals surface area (Å²) in [5.41, 5.74) is 0. The van der Waals surface area contributed by atoms with Crippen LogP contribution >= 0.6 is 0 Å². The van der Waals surface area contributed by atoms with Crippen molar-refractivity contribution in [1.29, 1.82) is 0 Å². The first kappa shape index (κ1) is 13.0. The van der Waals surface area contributed by atoms with Crippen LogP contribution in [0.5, 0.6) is 0 Å². The summed E-state index contributed by atoms with van der Waals surface area (Å²) in [6.45, 7) is 7.27. The first-order chi connectivity index (χ1) is 7.50. The molecule has 0 aromatic heterocycles. The minimum Gasteiger partial charge on any atom is -0.449 e. The minimum absolute atomic E-state index is 0.000324. The summed E-state index contributed by atoms with van der Waals surface area (Å²) >= 11 is 0. The predicted molar refractivity (Wildman–Crippen MR) is 61.2 cm³/mol. The van der Waals surface area contributed by atoms with Gasteiger partial charge >= 0.3 is 6.09 Å². The van der Waals surface area contributed by atoms with Crippen LogP contribution in [0.2, 0.25) is 0 Å². The van der Waals surface area contributed by atoms with Crippen molar-refractivity contribution in [2.75, 3.05) is 19.7 Å². The zero-order valence-corrected chi connectivity index (χ0v) is 10.4. The van der Waals surface area contributed by atoms with E-state index in [9.17, 15) is 9.59 Å². The number of amides is 1. The molecule has 4 heteroatoms. The van der Waals surface area contributed by atoms with E-state index in [0.29, 0.717) is 25.6 Å². The van der Waals surface area contributed by atoms with Gasteiger partial charge in [-0.25, -0.2) is 4.79 Å². The van der Waals surface area contributed by atoms with Crippen molar-refractivity contribution < 1.29 is 14.3 Å². The van der Waals surface area contributed by atoms with Gasteiger partial charge in [-0.15, -0.1) is 0 Å². The summed E-state index contributed by atoms with van der Waals surface area (Å²) < 4.78 is 5.15. The van der Waals surface area contributed by atoms with Crippen molar-refractivity contribution in [2.24, 2.45) is 11.8 Å². The molecule has 0 aromatic carbocycles. The van der Waals surface area contributed by atoms with Crippen LogP contribution in [0.1, 0.15) is 33.6 Å². The second-order valence-electron chi connectivity index (χ2n) is 4.87. The van der Waals surface area contributed by atoms with Gasteiger partial charge in [-0.2, -0.15) is 0 Å². The Hall–Kier alpha value is -1.06. The number of Topliss-reactive ketones (excluding diaryl/α,β-unsaturated/α-hetero) is 1. The molecule has 92 valence electrons. The Morgan fingerprint density at radius 1 is 1.44 bits per heavy atom. The second-order valence-corrected chi connectivity index (χ2v) is 4.87. The Kier molecular flexibility index (Phi) is 4.77. The number of piperidine rings is 1. The molecule has 0 saturated carbocycles. The van der Waals surface area contributed by atoms with Gasteiger partial charge in [-0.3, -0.25) is 4.79 Å². The first-order valence-corrected chi connectivity index (χ1v) is 5.93. The van der Waals surface area contributed by atoms with E-state index in [0.717, 1.165) is 12.8 Å². The lowest BCUT2D eigenvalue weighted by atomic mass is 9.95. The van der Waals surface area contributed by atoms with Gasteiger partial charge in [0, 0.05) is 19.0 Å². The van der Waals surface area contributed by atoms with E-state index in [1.54, 1.807) is 11.8 Å². The third kappa shape index (κ3) is 3.83. The fraction of sp³-hybridized carbons (Fsp3) is 0.833. The third-order valence-electron chi connectivity index (χ3n) is 2.79. The molecule has 0 bridgehead atoms. The van der Waals surface area contributed by atoms with Gasteiger partial charge in [-0.05, 0) is 25.7 Å². The summed E-state index contributed by atoms with van der Waals surface area (Å²) in [5, 5.41) is 0. The number of ether oxygens (including phenoxy) is 1. The van der Waals surface area contributed by atoms with Crippen molar-refractivity contribution in [3.63, 3.8) is 0 Å². The van der Waals surface area contributed by atoms with Gasteiger partial charge in [0.05, 0.1) is 6.61 Å². The molecule has 0 aromatic rings. The van der Waals surface area contributed by atoms with E-state index in [4.69, 9.17) is 4.74 Å². The summed E-state index contributed by atoms with van der Waals surface area (Å²) in [4.78, 5) is 24.6. The molecule has 16 heavy (non-hydrogen) atoms. The largest absolute Gasteiger partial charge is 0.449 e. The number of nitrogens with zero attached hydrogens (tertiary/aromatic N) is 1. The quantitative estimate of drug-likeness (QED) is 0.741. The molecule has 1 atom stereocenters. The molecule has 0 N–H and O–H groups in total. The van der Waals surface area contributed by atoms with Crippen molar-refractivity contribution in [3.8, 4) is 0 Å². The summed E-state index contributed by atoms with van der Waals surface area (Å²) in [7, 11) is 0. The molecule has 0 aliphatic carbocycles. The summed E-state index contributed by atoms with van der Waals surface area (Å²) in [6, 6.07) is 0. The average molecular weight is 227 g/mol. The fourth-order valence-corrected chi connectivity index (χ4v) is 1.80. The van der Waals surface area contributed by atoms with Crippen LogP contribution in [0, 0.1) is 11.8 Å². The Morgan fingerprint density at radius 3 is 2.69 bits per heavy atom. The van der Waals surface area contributed by atoms with E-state index in [-0.39, 0.29) is 17.8 Å². The predicted octanol–water partition coefficient (Wildman–Crippen LogP) is 2.08. The van der Waals surface area contributed by atoms with Gasteiger partial charge in [0.15, 0.2) is 0 Å². The summed E-state index contributed by atoms with van der Waals surface area (Å²) in [6.07, 6.45) is 1.50. The Bertz CT molecular complexity index is 263. The fourth-order valence-electron chi connectivity index (χ4n) is 1.80. The molecule has 4 nitrogen and oxygen atoms in total. The van der Waals surface area contributed by atoms with Crippen molar-refractivity contribution >= 4 is 11.9 Å². The van der Waals surface area contributed by atoms with Crippen molar-refractivity contribution in [2.45, 2.75) is 33.6 Å². The highest BCUT2D eigenvalue weighted by molar-refractivity contribution is 5.79. The second kappa shape index (κ2) is 5.87. The molecule has 1 heterocycles. The number of ketones is 1. The molecular formula is C12H21NO3. The first-order valence-electron chi connectivity index (χ1n) is 5.93. The lowest BCUT2D eigenvalue weighted by Gasteiger charge is -2.30. The van der Waals surface area contributed by atoms with Crippen LogP contribution in [0.15, 0.2) is 0 Å². The normalized spacial score (nSPS) is 21.0. The Morgan fingerprint density at radius 2 is 2.12 bits per heavy atom. The Labute approximate surface area is 96.9 Å². The molecule has 1 aliphatic heterocycles. The molecule has 1 amide bonds. The molecule has 1 rings (SSSR count). The molecule has 0 spiro atoms. The minimum atomic E-state index is -0.278. The zero-order chi connectivity index (χ0) is 12.1. The van der Waals surface area contributed by atoms with E-state index in [1.165, 1.54) is 0 Å². The topological polar surface area (TPSA) is 46.6 Å². The van der Waals surface area contributed by atoms with Crippen LogP contribution < -0.4 is 0 Å². The highest BCUT2D eigenvalue weighted by Crippen LogP contribution is 2.18. The van der Waals surface area contributed by atoms with Crippen LogP contribution in [-0.4, -0.2) is 36.5 Å². The van der Waals surface area contributed by atoms with Gasteiger partial charge in [0.25, 0.3) is 0 Å². The van der Waals surface area contributed by atoms with Gasteiger partial charge in [0.1, 0.15) is 5.78 Å². The zero-order valence-electron chi connectivity index (χ0n) is 10.4. The SMILES string of the molecule is CC(=O)C1CCCN(C(=O)OCC(C)C)C1. The van der Waals surface area contributed by atoms with Crippen LogP contribution in [0.3, 0.4) is 0 Å². The smallest absolute Gasteiger partial charge is 0.409 e. The van der Waals surface area contributed by atoms with Crippen LogP contribution in [-0.2, 0) is 9.53 Å². The third-order valence-corrected chi connectivity index (χ3v) is 2.79. The lowest BCUT2D eigenvalue weighted by Crippen LogP contribution is -2.42.